The number of methoxy groups -OCH3 is 1. The number of benzene rings is 1. The maximum Gasteiger partial charge on any atom is 0.420 e. The van der Waals surface area contributed by atoms with Crippen LogP contribution in [0.5, 0.6) is 5.75 Å². The van der Waals surface area contributed by atoms with Crippen LogP contribution in [-0.4, -0.2) is 35.1 Å². The fourth-order valence-electron chi connectivity index (χ4n) is 4.78. The van der Waals surface area contributed by atoms with Gasteiger partial charge in [-0.05, 0) is 45.9 Å². The van der Waals surface area contributed by atoms with E-state index in [4.69, 9.17) is 13.7 Å². The highest BCUT2D eigenvalue weighted by Crippen LogP contribution is 2.39. The summed E-state index contributed by atoms with van der Waals surface area (Å²) < 4.78 is 42.0. The van der Waals surface area contributed by atoms with Gasteiger partial charge in [0.05, 0.1) is 34.9 Å². The monoisotopic (exact) mass is 493 g/mol. The van der Waals surface area contributed by atoms with Crippen molar-refractivity contribution in [1.82, 2.24) is 14.7 Å². The Morgan fingerprint density at radius 1 is 1.20 bits per heavy atom. The summed E-state index contributed by atoms with van der Waals surface area (Å²) in [7, 11) is -0.873. The van der Waals surface area contributed by atoms with Gasteiger partial charge in [-0.25, -0.2) is 4.79 Å². The van der Waals surface area contributed by atoms with Gasteiger partial charge in [-0.1, -0.05) is 22.9 Å². The lowest BCUT2D eigenvalue weighted by atomic mass is 9.91. The number of fused-ring (bicyclic) bond motifs is 3. The second-order valence-electron chi connectivity index (χ2n) is 8.63. The van der Waals surface area contributed by atoms with Gasteiger partial charge in [0.25, 0.3) is 0 Å². The van der Waals surface area contributed by atoms with Crippen LogP contribution in [0.1, 0.15) is 31.3 Å². The zero-order chi connectivity index (χ0) is 25.0. The second-order valence-corrected chi connectivity index (χ2v) is 9.57. The van der Waals surface area contributed by atoms with Crippen LogP contribution in [0.2, 0.25) is 0 Å². The minimum absolute atomic E-state index is 0.218. The molecule has 1 aromatic carbocycles. The SMILES string of the molecule is COc1cc2c(cc1-c1c(C)noc1C)ncc1oc(=O)n([C@H](C)C3C=CC(C)=CC3=S(=O)=O)c12. The Morgan fingerprint density at radius 3 is 2.63 bits per heavy atom. The van der Waals surface area contributed by atoms with Gasteiger partial charge in [0.1, 0.15) is 17.0 Å². The Morgan fingerprint density at radius 2 is 1.97 bits per heavy atom. The third-order valence-electron chi connectivity index (χ3n) is 6.45. The molecule has 35 heavy (non-hydrogen) atoms. The zero-order valence-corrected chi connectivity index (χ0v) is 20.6. The van der Waals surface area contributed by atoms with E-state index in [1.54, 1.807) is 32.3 Å². The number of hydrogen-bond acceptors (Lipinski definition) is 8. The number of ether oxygens (including phenoxy) is 1. The van der Waals surface area contributed by atoms with Gasteiger partial charge < -0.3 is 13.7 Å². The summed E-state index contributed by atoms with van der Waals surface area (Å²) in [5.74, 6) is 0.0720. The zero-order valence-electron chi connectivity index (χ0n) is 19.8. The predicted octanol–water partition coefficient (Wildman–Crippen LogP) is 4.17. The van der Waals surface area contributed by atoms with E-state index in [0.717, 1.165) is 22.4 Å². The molecule has 0 N–H and O–H groups in total. The number of rotatable bonds is 4. The molecule has 0 fully saturated rings. The van der Waals surface area contributed by atoms with E-state index >= 15 is 0 Å². The van der Waals surface area contributed by atoms with E-state index in [1.807, 2.05) is 32.9 Å². The third kappa shape index (κ3) is 3.61. The van der Waals surface area contributed by atoms with Crippen LogP contribution >= 0.6 is 0 Å². The molecule has 4 aromatic rings. The lowest BCUT2D eigenvalue weighted by molar-refractivity contribution is 0.393. The van der Waals surface area contributed by atoms with Crippen LogP contribution in [0.4, 0.5) is 0 Å². The molecule has 0 saturated heterocycles. The molecule has 0 radical (unpaired) electrons. The Balaban J connectivity index is 1.78. The van der Waals surface area contributed by atoms with Crippen molar-refractivity contribution in [3.05, 3.63) is 64.1 Å². The molecule has 0 saturated carbocycles. The first-order chi connectivity index (χ1) is 16.7. The molecule has 10 heteroatoms. The summed E-state index contributed by atoms with van der Waals surface area (Å²) in [6, 6.07) is 3.13. The van der Waals surface area contributed by atoms with E-state index in [2.05, 4.69) is 10.1 Å². The summed E-state index contributed by atoms with van der Waals surface area (Å²) in [4.78, 5) is 17.8. The van der Waals surface area contributed by atoms with E-state index in [-0.39, 0.29) is 4.86 Å². The van der Waals surface area contributed by atoms with E-state index in [1.165, 1.54) is 10.8 Å². The first kappa shape index (κ1) is 22.9. The number of allylic oxidation sites excluding steroid dienone is 4. The lowest BCUT2D eigenvalue weighted by Gasteiger charge is -2.23. The Kier molecular flexibility index (Phi) is 5.47. The Bertz CT molecular complexity index is 1740. The van der Waals surface area contributed by atoms with Crippen LogP contribution in [-0.2, 0) is 10.3 Å². The summed E-state index contributed by atoms with van der Waals surface area (Å²) in [5.41, 5.74) is 4.56. The van der Waals surface area contributed by atoms with Gasteiger partial charge in [0.15, 0.2) is 5.58 Å². The van der Waals surface area contributed by atoms with Crippen molar-refractivity contribution in [2.45, 2.75) is 33.7 Å². The third-order valence-corrected chi connectivity index (χ3v) is 7.22. The summed E-state index contributed by atoms with van der Waals surface area (Å²) in [5, 5.41) is 4.68. The summed E-state index contributed by atoms with van der Waals surface area (Å²) >= 11 is 0. The minimum Gasteiger partial charge on any atom is -0.496 e. The van der Waals surface area contributed by atoms with Gasteiger partial charge in [-0.3, -0.25) is 9.55 Å². The standard InChI is InChI=1S/C25H23N3O6S/c1-12-6-7-16(22(8-12)35(30)31)14(3)28-24-17-10-20(32-5)18(23-13(2)27-34-15(23)4)9-19(17)26-11-21(24)33-25(28)29/h6-11,14,16H,1-5H3/t14-,16?/m1/s1. The smallest absolute Gasteiger partial charge is 0.420 e. The van der Waals surface area contributed by atoms with Crippen LogP contribution in [0.3, 0.4) is 0 Å². The van der Waals surface area contributed by atoms with Crippen molar-refractivity contribution in [3.8, 4) is 16.9 Å². The molecule has 9 nitrogen and oxygen atoms in total. The molecule has 0 spiro atoms. The molecular weight excluding hydrogens is 470 g/mol. The van der Waals surface area contributed by atoms with Crippen LogP contribution in [0, 0.1) is 19.8 Å². The number of oxazole rings is 1. The molecule has 3 heterocycles. The first-order valence-corrected chi connectivity index (χ1v) is 12.1. The average Bonchev–Trinajstić information content (AvgIpc) is 3.35. The molecule has 0 bridgehead atoms. The average molecular weight is 494 g/mol. The fraction of sp³-hybridized carbons (Fsp3) is 0.280. The van der Waals surface area contributed by atoms with Crippen molar-refractivity contribution in [1.29, 1.82) is 0 Å². The second kappa shape index (κ2) is 8.38. The molecule has 3 aromatic heterocycles. The van der Waals surface area contributed by atoms with Gasteiger partial charge in [-0.2, -0.15) is 8.42 Å². The topological polar surface area (TPSA) is 117 Å². The van der Waals surface area contributed by atoms with E-state index < -0.39 is 28.0 Å². The molecule has 1 aliphatic carbocycles. The number of hydrogen-bond donors (Lipinski definition) is 0. The highest BCUT2D eigenvalue weighted by molar-refractivity contribution is 7.73. The van der Waals surface area contributed by atoms with E-state index in [0.29, 0.717) is 33.5 Å². The van der Waals surface area contributed by atoms with Gasteiger partial charge in [-0.15, -0.1) is 0 Å². The first-order valence-electron chi connectivity index (χ1n) is 11.0. The van der Waals surface area contributed by atoms with Crippen molar-refractivity contribution in [2.75, 3.05) is 7.11 Å². The molecule has 0 amide bonds. The normalized spacial score (nSPS) is 16.7. The summed E-state index contributed by atoms with van der Waals surface area (Å²) in [6.45, 7) is 7.30. The van der Waals surface area contributed by atoms with Gasteiger partial charge in [0, 0.05) is 22.9 Å². The van der Waals surface area contributed by atoms with Crippen molar-refractivity contribution in [3.63, 3.8) is 0 Å². The largest absolute Gasteiger partial charge is 0.496 e. The summed E-state index contributed by atoms with van der Waals surface area (Å²) in [6.07, 6.45) is 6.78. The maximum atomic E-state index is 13.0. The van der Waals surface area contributed by atoms with Gasteiger partial charge >= 0.3 is 5.76 Å². The van der Waals surface area contributed by atoms with Crippen molar-refractivity contribution in [2.24, 2.45) is 5.92 Å². The molecule has 5 rings (SSSR count). The number of pyridine rings is 1. The quantitative estimate of drug-likeness (QED) is 0.389. The molecule has 0 aliphatic heterocycles. The molecule has 1 aliphatic rings. The molecular formula is C25H23N3O6S. The highest BCUT2D eigenvalue weighted by Gasteiger charge is 2.29. The van der Waals surface area contributed by atoms with E-state index in [9.17, 15) is 13.2 Å². The maximum absolute atomic E-state index is 13.0. The highest BCUT2D eigenvalue weighted by atomic mass is 32.2. The van der Waals surface area contributed by atoms with Crippen LogP contribution < -0.4 is 10.5 Å². The predicted molar refractivity (Wildman–Crippen MR) is 132 cm³/mol. The van der Waals surface area contributed by atoms with Gasteiger partial charge in [0.2, 0.25) is 10.3 Å². The Labute approximate surface area is 201 Å². The molecule has 2 atom stereocenters. The van der Waals surface area contributed by atoms with Crippen LogP contribution in [0.25, 0.3) is 33.1 Å². The number of nitrogens with zero attached hydrogens (tertiary/aromatic N) is 3. The van der Waals surface area contributed by atoms with Crippen LogP contribution in [0.15, 0.2) is 55.9 Å². The lowest BCUT2D eigenvalue weighted by Crippen LogP contribution is -2.29. The van der Waals surface area contributed by atoms with Crippen molar-refractivity contribution >= 4 is 37.2 Å². The number of aromatic nitrogens is 3. The van der Waals surface area contributed by atoms with Crippen molar-refractivity contribution < 1.29 is 22.1 Å². The Hall–Kier alpha value is -3.92. The molecule has 180 valence electrons. The minimum atomic E-state index is -2.44. The number of aryl methyl sites for hydroxylation is 2. The fourth-order valence-corrected chi connectivity index (χ4v) is 5.56. The molecule has 1 unspecified atom stereocenters.